The number of carbonyl (C=O) groups excluding carboxylic acids is 2. The zero-order valence-electron chi connectivity index (χ0n) is 14.7. The van der Waals surface area contributed by atoms with Crippen LogP contribution in [0.5, 0.6) is 0 Å². The van der Waals surface area contributed by atoms with E-state index in [1.54, 1.807) is 6.33 Å². The van der Waals surface area contributed by atoms with Crippen LogP contribution in [0.25, 0.3) is 11.0 Å². The molecule has 3 heterocycles. The van der Waals surface area contributed by atoms with E-state index in [4.69, 9.17) is 4.52 Å². The van der Waals surface area contributed by atoms with Gasteiger partial charge >= 0.3 is 0 Å². The van der Waals surface area contributed by atoms with Gasteiger partial charge in [-0.15, -0.1) is 0 Å². The molecule has 4 rings (SSSR count). The second kappa shape index (κ2) is 7.56. The van der Waals surface area contributed by atoms with Gasteiger partial charge in [-0.05, 0) is 18.6 Å². The van der Waals surface area contributed by atoms with Gasteiger partial charge < -0.3 is 19.7 Å². The number of imidazole rings is 1. The van der Waals surface area contributed by atoms with Gasteiger partial charge in [-0.2, -0.15) is 4.98 Å². The maximum absolute atomic E-state index is 12.1. The van der Waals surface area contributed by atoms with Crippen molar-refractivity contribution in [2.75, 3.05) is 6.54 Å². The highest BCUT2D eigenvalue weighted by molar-refractivity contribution is 5.78. The van der Waals surface area contributed by atoms with Crippen LogP contribution in [0.1, 0.15) is 36.9 Å². The van der Waals surface area contributed by atoms with Crippen molar-refractivity contribution in [3.05, 3.63) is 42.3 Å². The molecule has 1 atom stereocenters. The van der Waals surface area contributed by atoms with E-state index in [2.05, 4.69) is 25.8 Å². The maximum atomic E-state index is 12.1. The van der Waals surface area contributed by atoms with E-state index < -0.39 is 0 Å². The molecule has 1 aromatic carbocycles. The number of hydrogen-bond donors (Lipinski definition) is 2. The Bertz CT molecular complexity index is 963. The molecule has 0 spiro atoms. The molecule has 140 valence electrons. The molecule has 0 aliphatic carbocycles. The summed E-state index contributed by atoms with van der Waals surface area (Å²) in [5, 5.41) is 9.51. The fourth-order valence-electron chi connectivity index (χ4n) is 3.18. The predicted molar refractivity (Wildman–Crippen MR) is 95.5 cm³/mol. The van der Waals surface area contributed by atoms with Crippen LogP contribution in [-0.4, -0.2) is 38.1 Å². The van der Waals surface area contributed by atoms with Crippen LogP contribution in [0.15, 0.2) is 35.1 Å². The number of rotatable bonds is 6. The number of hydrogen-bond acceptors (Lipinski definition) is 6. The first-order chi connectivity index (χ1) is 13.2. The Morgan fingerprint density at radius 1 is 1.37 bits per heavy atom. The lowest BCUT2D eigenvalue weighted by Crippen LogP contribution is -2.32. The van der Waals surface area contributed by atoms with Gasteiger partial charge in [-0.25, -0.2) is 4.98 Å². The van der Waals surface area contributed by atoms with E-state index in [0.717, 1.165) is 17.5 Å². The normalized spacial score (nSPS) is 17.0. The van der Waals surface area contributed by atoms with E-state index in [0.29, 0.717) is 37.6 Å². The smallest absolute Gasteiger partial charge is 0.246 e. The molecule has 1 saturated heterocycles. The van der Waals surface area contributed by atoms with Crippen LogP contribution >= 0.6 is 0 Å². The lowest BCUT2D eigenvalue weighted by Gasteiger charge is -2.18. The van der Waals surface area contributed by atoms with Crippen molar-refractivity contribution in [2.24, 2.45) is 0 Å². The van der Waals surface area contributed by atoms with Crippen LogP contribution in [0.3, 0.4) is 0 Å². The third kappa shape index (κ3) is 3.97. The second-order valence-electron chi connectivity index (χ2n) is 6.54. The number of para-hydroxylation sites is 2. The number of carbonyl (C=O) groups is 2. The van der Waals surface area contributed by atoms with Gasteiger partial charge in [-0.1, -0.05) is 17.3 Å². The summed E-state index contributed by atoms with van der Waals surface area (Å²) >= 11 is 0. The molecule has 2 aromatic heterocycles. The van der Waals surface area contributed by atoms with Crippen LogP contribution in [-0.2, 0) is 22.7 Å². The first kappa shape index (κ1) is 17.2. The number of piperidine rings is 1. The van der Waals surface area contributed by atoms with Gasteiger partial charge in [0, 0.05) is 31.8 Å². The summed E-state index contributed by atoms with van der Waals surface area (Å²) in [5.41, 5.74) is 1.91. The highest BCUT2D eigenvalue weighted by Gasteiger charge is 2.25. The molecule has 27 heavy (non-hydrogen) atoms. The van der Waals surface area contributed by atoms with E-state index >= 15 is 0 Å². The second-order valence-corrected chi connectivity index (χ2v) is 6.54. The van der Waals surface area contributed by atoms with Gasteiger partial charge in [0.15, 0.2) is 5.82 Å². The Labute approximate surface area is 155 Å². The van der Waals surface area contributed by atoms with Gasteiger partial charge in [0.1, 0.15) is 0 Å². The summed E-state index contributed by atoms with van der Waals surface area (Å²) in [7, 11) is 0. The molecule has 2 amide bonds. The molecule has 0 radical (unpaired) electrons. The molecule has 2 N–H and O–H groups in total. The zero-order valence-corrected chi connectivity index (χ0v) is 14.7. The Hall–Kier alpha value is -3.23. The first-order valence-electron chi connectivity index (χ1n) is 8.95. The molecule has 1 fully saturated rings. The molecule has 9 heteroatoms. The van der Waals surface area contributed by atoms with Gasteiger partial charge in [0.2, 0.25) is 17.7 Å². The fraction of sp³-hybridized carbons (Fsp3) is 0.389. The lowest BCUT2D eigenvalue weighted by molar-refractivity contribution is -0.123. The summed E-state index contributed by atoms with van der Waals surface area (Å²) in [5.74, 6) is 0.736. The van der Waals surface area contributed by atoms with Gasteiger partial charge in [0.05, 0.1) is 23.9 Å². The SMILES string of the molecule is O=C(CCn1cnc2ccccc21)NCc1nc(C2CCNC(=O)C2)no1. The van der Waals surface area contributed by atoms with Crippen molar-refractivity contribution in [1.82, 2.24) is 30.3 Å². The van der Waals surface area contributed by atoms with Crippen molar-refractivity contribution < 1.29 is 14.1 Å². The minimum absolute atomic E-state index is 0.00192. The zero-order chi connectivity index (χ0) is 18.6. The van der Waals surface area contributed by atoms with Gasteiger partial charge in [0.25, 0.3) is 0 Å². The fourth-order valence-corrected chi connectivity index (χ4v) is 3.18. The molecule has 1 aliphatic rings. The Balaban J connectivity index is 1.27. The summed E-state index contributed by atoms with van der Waals surface area (Å²) in [6.07, 6.45) is 3.22. The topological polar surface area (TPSA) is 115 Å². The largest absolute Gasteiger partial charge is 0.356 e. The summed E-state index contributed by atoms with van der Waals surface area (Å²) in [6.45, 7) is 1.33. The minimum atomic E-state index is -0.107. The number of amides is 2. The number of nitrogens with zero attached hydrogens (tertiary/aromatic N) is 4. The van der Waals surface area contributed by atoms with Crippen LogP contribution in [0, 0.1) is 0 Å². The van der Waals surface area contributed by atoms with Crippen molar-refractivity contribution in [1.29, 1.82) is 0 Å². The molecule has 1 aliphatic heterocycles. The van der Waals surface area contributed by atoms with Crippen molar-refractivity contribution in [2.45, 2.75) is 38.3 Å². The number of nitrogens with one attached hydrogen (secondary N) is 2. The summed E-state index contributed by atoms with van der Waals surface area (Å²) < 4.78 is 7.14. The third-order valence-electron chi connectivity index (χ3n) is 4.64. The molecule has 0 bridgehead atoms. The summed E-state index contributed by atoms with van der Waals surface area (Å²) in [6, 6.07) is 7.80. The van der Waals surface area contributed by atoms with Crippen molar-refractivity contribution in [3.63, 3.8) is 0 Å². The lowest BCUT2D eigenvalue weighted by atomic mass is 9.97. The standard InChI is InChI=1S/C18H20N6O3/c25-15(6-8-24-11-21-13-3-1-2-4-14(13)24)20-10-17-22-18(23-27-17)12-5-7-19-16(26)9-12/h1-4,11-12H,5-10H2,(H,19,26)(H,20,25). The quantitative estimate of drug-likeness (QED) is 0.674. The van der Waals surface area contributed by atoms with Crippen molar-refractivity contribution >= 4 is 22.8 Å². The summed E-state index contributed by atoms with van der Waals surface area (Å²) in [4.78, 5) is 32.2. The van der Waals surface area contributed by atoms with E-state index in [9.17, 15) is 9.59 Å². The average Bonchev–Trinajstić information content (AvgIpc) is 3.32. The first-order valence-corrected chi connectivity index (χ1v) is 8.95. The van der Waals surface area contributed by atoms with Crippen LogP contribution in [0.2, 0.25) is 0 Å². The molecule has 9 nitrogen and oxygen atoms in total. The number of aromatic nitrogens is 4. The van der Waals surface area contributed by atoms with Crippen LogP contribution in [0.4, 0.5) is 0 Å². The Morgan fingerprint density at radius 2 is 2.26 bits per heavy atom. The van der Waals surface area contributed by atoms with Crippen LogP contribution < -0.4 is 10.6 Å². The number of aryl methyl sites for hydroxylation is 1. The van der Waals surface area contributed by atoms with E-state index in [1.165, 1.54) is 0 Å². The van der Waals surface area contributed by atoms with E-state index in [-0.39, 0.29) is 24.3 Å². The molecular formula is C18H20N6O3. The monoisotopic (exact) mass is 368 g/mol. The predicted octanol–water partition coefficient (Wildman–Crippen LogP) is 1.12. The van der Waals surface area contributed by atoms with Gasteiger partial charge in [-0.3, -0.25) is 9.59 Å². The molecular weight excluding hydrogens is 348 g/mol. The molecule has 3 aromatic rings. The average molecular weight is 368 g/mol. The Kier molecular flexibility index (Phi) is 4.82. The highest BCUT2D eigenvalue weighted by Crippen LogP contribution is 2.22. The maximum Gasteiger partial charge on any atom is 0.246 e. The molecule has 1 unspecified atom stereocenters. The number of benzene rings is 1. The number of fused-ring (bicyclic) bond motifs is 1. The van der Waals surface area contributed by atoms with Crippen molar-refractivity contribution in [3.8, 4) is 0 Å². The minimum Gasteiger partial charge on any atom is -0.356 e. The third-order valence-corrected chi connectivity index (χ3v) is 4.64. The van der Waals surface area contributed by atoms with E-state index in [1.807, 2.05) is 28.8 Å². The molecule has 0 saturated carbocycles. The Morgan fingerprint density at radius 3 is 3.15 bits per heavy atom. The highest BCUT2D eigenvalue weighted by atomic mass is 16.5.